The number of nitrogens with zero attached hydrogens (tertiary/aromatic N) is 3. The number of rotatable bonds is 3. The van der Waals surface area contributed by atoms with Gasteiger partial charge in [0.15, 0.2) is 0 Å². The quantitative estimate of drug-likeness (QED) is 0.698. The molecule has 27 heavy (non-hydrogen) atoms. The van der Waals surface area contributed by atoms with Gasteiger partial charge in [0.25, 0.3) is 5.56 Å². The van der Waals surface area contributed by atoms with Crippen molar-refractivity contribution in [3.05, 3.63) is 68.4 Å². The van der Waals surface area contributed by atoms with Gasteiger partial charge < -0.3 is 9.47 Å². The first-order valence-corrected chi connectivity index (χ1v) is 9.92. The van der Waals surface area contributed by atoms with Gasteiger partial charge in [-0.15, -0.1) is 11.3 Å². The van der Waals surface area contributed by atoms with E-state index >= 15 is 0 Å². The molecule has 2 aromatic heterocycles. The lowest BCUT2D eigenvalue weighted by Crippen LogP contribution is -2.33. The van der Waals surface area contributed by atoms with Gasteiger partial charge >= 0.3 is 0 Å². The summed E-state index contributed by atoms with van der Waals surface area (Å²) in [7, 11) is 0. The number of carbonyl (C=O) groups excluding carboxylic acids is 1. The van der Waals surface area contributed by atoms with Gasteiger partial charge in [-0.05, 0) is 49.1 Å². The summed E-state index contributed by atoms with van der Waals surface area (Å²) < 4.78 is 1.67. The molecular formula is C21H21N3O2S. The summed E-state index contributed by atoms with van der Waals surface area (Å²) >= 11 is 1.56. The predicted molar refractivity (Wildman–Crippen MR) is 108 cm³/mol. The molecule has 0 unspecified atom stereocenters. The zero-order valence-electron chi connectivity index (χ0n) is 15.4. The van der Waals surface area contributed by atoms with E-state index in [-0.39, 0.29) is 11.5 Å². The molecule has 1 aromatic carbocycles. The summed E-state index contributed by atoms with van der Waals surface area (Å²) in [5.74, 6) is 0.0863. The van der Waals surface area contributed by atoms with Crippen molar-refractivity contribution in [3.63, 3.8) is 0 Å². The second-order valence-electron chi connectivity index (χ2n) is 6.91. The second kappa shape index (κ2) is 7.12. The number of thiazole rings is 1. The van der Waals surface area contributed by atoms with Crippen molar-refractivity contribution in [1.82, 2.24) is 9.55 Å². The molecular weight excluding hydrogens is 358 g/mol. The molecule has 1 aliphatic rings. The minimum Gasteiger partial charge on any atom is -0.312 e. The van der Waals surface area contributed by atoms with Crippen LogP contribution in [0.5, 0.6) is 0 Å². The average Bonchev–Trinajstić information content (AvgIpc) is 3.11. The van der Waals surface area contributed by atoms with Crippen molar-refractivity contribution in [2.24, 2.45) is 0 Å². The van der Waals surface area contributed by atoms with Crippen LogP contribution in [-0.4, -0.2) is 22.0 Å². The van der Waals surface area contributed by atoms with Crippen LogP contribution in [0.4, 0.5) is 5.69 Å². The highest BCUT2D eigenvalue weighted by Gasteiger charge is 2.20. The van der Waals surface area contributed by atoms with E-state index in [4.69, 9.17) is 4.98 Å². The number of pyridine rings is 1. The third-order valence-electron chi connectivity index (χ3n) is 4.88. The Balaban J connectivity index is 1.60. The molecule has 4 rings (SSSR count). The van der Waals surface area contributed by atoms with E-state index in [1.54, 1.807) is 28.9 Å². The third kappa shape index (κ3) is 3.57. The van der Waals surface area contributed by atoms with E-state index in [9.17, 15) is 9.59 Å². The molecule has 6 heteroatoms. The number of aryl methyl sites for hydroxylation is 2. The standard InChI is InChI=1S/C21H21N3O2S/c1-14-7-9-23(21(26)10-14)12-20-22-18(13-27-20)16-5-6-19-17(11-16)4-3-8-24(19)15(2)25/h5-7,9-11,13H,3-4,8,12H2,1-2H3. The van der Waals surface area contributed by atoms with E-state index in [0.29, 0.717) is 6.54 Å². The number of hydrogen-bond donors (Lipinski definition) is 0. The van der Waals surface area contributed by atoms with Gasteiger partial charge in [0.1, 0.15) is 5.01 Å². The van der Waals surface area contributed by atoms with Crippen molar-refractivity contribution < 1.29 is 4.79 Å². The Hall–Kier alpha value is -2.73. The topological polar surface area (TPSA) is 55.2 Å². The Morgan fingerprint density at radius 2 is 2.11 bits per heavy atom. The molecule has 0 bridgehead atoms. The van der Waals surface area contributed by atoms with Gasteiger partial charge in [-0.1, -0.05) is 6.07 Å². The van der Waals surface area contributed by atoms with Crippen LogP contribution in [0.3, 0.4) is 0 Å². The highest BCUT2D eigenvalue weighted by atomic mass is 32.1. The highest BCUT2D eigenvalue weighted by molar-refractivity contribution is 7.09. The molecule has 0 aliphatic carbocycles. The first-order chi connectivity index (χ1) is 13.0. The number of anilines is 1. The van der Waals surface area contributed by atoms with Crippen molar-refractivity contribution in [2.45, 2.75) is 33.2 Å². The molecule has 0 N–H and O–H groups in total. The number of amides is 1. The average molecular weight is 379 g/mol. The van der Waals surface area contributed by atoms with E-state index in [0.717, 1.165) is 46.9 Å². The van der Waals surface area contributed by atoms with Crippen LogP contribution in [0.15, 0.2) is 46.7 Å². The van der Waals surface area contributed by atoms with Crippen molar-refractivity contribution in [3.8, 4) is 11.3 Å². The fraction of sp³-hybridized carbons (Fsp3) is 0.286. The van der Waals surface area contributed by atoms with E-state index < -0.39 is 0 Å². The zero-order valence-corrected chi connectivity index (χ0v) is 16.3. The molecule has 0 fully saturated rings. The van der Waals surface area contributed by atoms with Crippen LogP contribution < -0.4 is 10.5 Å². The minimum absolute atomic E-state index is 0.00939. The number of benzene rings is 1. The summed E-state index contributed by atoms with van der Waals surface area (Å²) in [4.78, 5) is 30.5. The maximum absolute atomic E-state index is 12.1. The number of carbonyl (C=O) groups is 1. The molecule has 3 aromatic rings. The van der Waals surface area contributed by atoms with Gasteiger partial charge in [0, 0.05) is 42.4 Å². The molecule has 0 atom stereocenters. The molecule has 1 amide bonds. The summed E-state index contributed by atoms with van der Waals surface area (Å²) in [5, 5.41) is 2.93. The fourth-order valence-electron chi connectivity index (χ4n) is 3.48. The van der Waals surface area contributed by atoms with Gasteiger partial charge in [-0.25, -0.2) is 4.98 Å². The van der Waals surface area contributed by atoms with E-state index in [2.05, 4.69) is 6.07 Å². The summed E-state index contributed by atoms with van der Waals surface area (Å²) in [6.45, 7) is 4.79. The smallest absolute Gasteiger partial charge is 0.251 e. The van der Waals surface area contributed by atoms with Crippen molar-refractivity contribution in [2.75, 3.05) is 11.4 Å². The van der Waals surface area contributed by atoms with Gasteiger partial charge in [-0.2, -0.15) is 0 Å². The minimum atomic E-state index is -0.00939. The Labute approximate surface area is 161 Å². The maximum Gasteiger partial charge on any atom is 0.251 e. The monoisotopic (exact) mass is 379 g/mol. The predicted octanol–water partition coefficient (Wildman–Crippen LogP) is 3.63. The molecule has 3 heterocycles. The Bertz CT molecular complexity index is 1070. The summed E-state index contributed by atoms with van der Waals surface area (Å²) in [6, 6.07) is 9.76. The first kappa shape index (κ1) is 17.7. The number of hydrogen-bond acceptors (Lipinski definition) is 4. The van der Waals surface area contributed by atoms with Gasteiger partial charge in [0.05, 0.1) is 12.2 Å². The van der Waals surface area contributed by atoms with E-state index in [1.807, 2.05) is 41.6 Å². The van der Waals surface area contributed by atoms with Gasteiger partial charge in [0.2, 0.25) is 5.91 Å². The highest BCUT2D eigenvalue weighted by Crippen LogP contribution is 2.32. The van der Waals surface area contributed by atoms with Crippen LogP contribution in [0.25, 0.3) is 11.3 Å². The lowest BCUT2D eigenvalue weighted by Gasteiger charge is -2.28. The zero-order chi connectivity index (χ0) is 19.0. The first-order valence-electron chi connectivity index (χ1n) is 9.04. The molecule has 0 saturated carbocycles. The SMILES string of the molecule is CC(=O)N1CCCc2cc(-c3csc(Cn4ccc(C)cc4=O)n3)ccc21. The van der Waals surface area contributed by atoms with Crippen LogP contribution in [-0.2, 0) is 17.8 Å². The van der Waals surface area contributed by atoms with Crippen LogP contribution in [0.1, 0.15) is 29.5 Å². The Morgan fingerprint density at radius 3 is 2.89 bits per heavy atom. The molecule has 0 radical (unpaired) electrons. The Morgan fingerprint density at radius 1 is 1.26 bits per heavy atom. The Kier molecular flexibility index (Phi) is 4.66. The summed E-state index contributed by atoms with van der Waals surface area (Å²) in [5.41, 5.74) is 5.13. The number of aromatic nitrogens is 2. The van der Waals surface area contributed by atoms with Crippen molar-refractivity contribution >= 4 is 22.9 Å². The molecule has 1 aliphatic heterocycles. The third-order valence-corrected chi connectivity index (χ3v) is 5.72. The van der Waals surface area contributed by atoms with Gasteiger partial charge in [-0.3, -0.25) is 9.59 Å². The largest absolute Gasteiger partial charge is 0.312 e. The normalized spacial score (nSPS) is 13.5. The molecule has 0 spiro atoms. The lowest BCUT2D eigenvalue weighted by atomic mass is 9.98. The lowest BCUT2D eigenvalue weighted by molar-refractivity contribution is -0.116. The molecule has 5 nitrogen and oxygen atoms in total. The van der Waals surface area contributed by atoms with Crippen LogP contribution in [0, 0.1) is 6.92 Å². The van der Waals surface area contributed by atoms with E-state index in [1.165, 1.54) is 5.56 Å². The van der Waals surface area contributed by atoms with Crippen LogP contribution >= 0.6 is 11.3 Å². The molecule has 0 saturated heterocycles. The molecule has 138 valence electrons. The fourth-order valence-corrected chi connectivity index (χ4v) is 4.28. The second-order valence-corrected chi connectivity index (χ2v) is 7.86. The van der Waals surface area contributed by atoms with Crippen LogP contribution in [0.2, 0.25) is 0 Å². The summed E-state index contributed by atoms with van der Waals surface area (Å²) in [6.07, 6.45) is 3.77. The number of fused-ring (bicyclic) bond motifs is 1. The van der Waals surface area contributed by atoms with Crippen molar-refractivity contribution in [1.29, 1.82) is 0 Å². The maximum atomic E-state index is 12.1.